The summed E-state index contributed by atoms with van der Waals surface area (Å²) >= 11 is 16.7. The van der Waals surface area contributed by atoms with Gasteiger partial charge in [0, 0.05) is 43.0 Å². The molecule has 9 heteroatoms. The Balaban J connectivity index is 1.90. The number of aromatic nitrogens is 2. The molecule has 170 valence electrons. The number of alkyl halides is 3. The molecule has 1 heterocycles. The van der Waals surface area contributed by atoms with Crippen molar-refractivity contribution in [2.45, 2.75) is 17.6 Å². The molecule has 33 heavy (non-hydrogen) atoms. The average Bonchev–Trinajstić information content (AvgIpc) is 2.81. The third kappa shape index (κ3) is 4.93. The van der Waals surface area contributed by atoms with Gasteiger partial charge in [-0.2, -0.15) is 0 Å². The van der Waals surface area contributed by atoms with Gasteiger partial charge in [-0.3, -0.25) is 0 Å². The molecular formula is C24H22Cl3N4O2+. The van der Waals surface area contributed by atoms with Crippen molar-refractivity contribution in [3.63, 3.8) is 0 Å². The summed E-state index contributed by atoms with van der Waals surface area (Å²) in [6.45, 7) is 6.07. The van der Waals surface area contributed by atoms with Crippen molar-refractivity contribution in [1.82, 2.24) is 4.98 Å². The Bertz CT molecular complexity index is 1310. The second kappa shape index (κ2) is 9.59. The molecule has 1 aromatic heterocycles. The number of fused-ring (bicyclic) bond motifs is 2. The predicted octanol–water partition coefficient (Wildman–Crippen LogP) is 5.75. The van der Waals surface area contributed by atoms with Crippen LogP contribution in [0.25, 0.3) is 27.8 Å². The van der Waals surface area contributed by atoms with Crippen LogP contribution in [0, 0.1) is 0 Å². The van der Waals surface area contributed by atoms with Gasteiger partial charge in [0.15, 0.2) is 0 Å². The van der Waals surface area contributed by atoms with Crippen molar-refractivity contribution in [3.8, 4) is 5.69 Å². The summed E-state index contributed by atoms with van der Waals surface area (Å²) < 4.78 is -0.0427. The summed E-state index contributed by atoms with van der Waals surface area (Å²) in [4.78, 5) is 23.9. The molecule has 0 fully saturated rings. The molecule has 4 aromatic rings. The summed E-state index contributed by atoms with van der Waals surface area (Å²) in [7, 11) is 0. The largest absolute Gasteiger partial charge is 0.383 e. The second-order valence-electron chi connectivity index (χ2n) is 7.32. The second-order valence-corrected chi connectivity index (χ2v) is 9.60. The Morgan fingerprint density at radius 2 is 1.61 bits per heavy atom. The lowest BCUT2D eigenvalue weighted by Crippen LogP contribution is -2.33. The highest BCUT2D eigenvalue weighted by atomic mass is 35.6. The number of para-hydroxylation sites is 1. The van der Waals surface area contributed by atoms with E-state index in [1.807, 2.05) is 48.5 Å². The van der Waals surface area contributed by atoms with E-state index in [-0.39, 0.29) is 0 Å². The van der Waals surface area contributed by atoms with Crippen LogP contribution in [0.4, 0.5) is 11.4 Å². The SMILES string of the molecule is CCN(CC)c1ccc2nc3ccc(NOC(=O)C(Cl)(Cl)Cl)cc3[n+](-c3ccccc3)c2c1. The summed E-state index contributed by atoms with van der Waals surface area (Å²) in [6, 6.07) is 21.7. The number of nitrogens with one attached hydrogen (secondary N) is 1. The highest BCUT2D eigenvalue weighted by Gasteiger charge is 2.33. The van der Waals surface area contributed by atoms with Crippen LogP contribution >= 0.6 is 34.8 Å². The van der Waals surface area contributed by atoms with Crippen LogP contribution in [0.3, 0.4) is 0 Å². The molecule has 0 saturated carbocycles. The van der Waals surface area contributed by atoms with Crippen molar-refractivity contribution in [2.75, 3.05) is 23.5 Å². The van der Waals surface area contributed by atoms with E-state index in [0.717, 1.165) is 46.5 Å². The van der Waals surface area contributed by atoms with Crippen LogP contribution in [0.1, 0.15) is 13.8 Å². The van der Waals surface area contributed by atoms with Crippen molar-refractivity contribution < 1.29 is 14.2 Å². The van der Waals surface area contributed by atoms with Gasteiger partial charge in [0.25, 0.3) is 3.79 Å². The highest BCUT2D eigenvalue weighted by Crippen LogP contribution is 2.28. The fourth-order valence-corrected chi connectivity index (χ4v) is 3.83. The number of anilines is 2. The minimum atomic E-state index is -2.17. The molecule has 3 aromatic carbocycles. The van der Waals surface area contributed by atoms with Crippen LogP contribution < -0.4 is 14.9 Å². The van der Waals surface area contributed by atoms with Gasteiger partial charge in [0.1, 0.15) is 11.0 Å². The summed E-state index contributed by atoms with van der Waals surface area (Å²) in [6.07, 6.45) is 0. The normalized spacial score (nSPS) is 11.5. The van der Waals surface area contributed by atoms with Gasteiger partial charge in [-0.25, -0.2) is 15.3 Å². The fraction of sp³-hybridized carbons (Fsp3) is 0.208. The minimum absolute atomic E-state index is 0.510. The first-order chi connectivity index (χ1) is 15.8. The smallest absolute Gasteiger partial charge is 0.372 e. The number of hydrogen-bond acceptors (Lipinski definition) is 5. The van der Waals surface area contributed by atoms with E-state index >= 15 is 0 Å². The van der Waals surface area contributed by atoms with Gasteiger partial charge in [0.2, 0.25) is 16.7 Å². The zero-order valence-corrected chi connectivity index (χ0v) is 20.3. The van der Waals surface area contributed by atoms with E-state index < -0.39 is 9.76 Å². The van der Waals surface area contributed by atoms with Crippen molar-refractivity contribution in [2.24, 2.45) is 0 Å². The maximum atomic E-state index is 11.8. The topological polar surface area (TPSA) is 58.3 Å². The van der Waals surface area contributed by atoms with Crippen LogP contribution in [-0.2, 0) is 9.63 Å². The highest BCUT2D eigenvalue weighted by molar-refractivity contribution is 6.75. The lowest BCUT2D eigenvalue weighted by Gasteiger charge is -2.20. The minimum Gasteiger partial charge on any atom is -0.372 e. The molecule has 0 aliphatic rings. The van der Waals surface area contributed by atoms with E-state index in [4.69, 9.17) is 44.6 Å². The standard InChI is InChI=1S/C24H21Cl3N4O2/c1-3-30(4-2)18-11-13-20-22(15-18)31(17-8-6-5-7-9-17)21-14-16(10-12-19(21)28-20)29-33-23(32)24(25,26)27/h5-15H,3-4H2,1-2H3/p+1. The number of carbonyl (C=O) groups excluding carboxylic acids is 1. The van der Waals surface area contributed by atoms with E-state index in [2.05, 4.69) is 40.9 Å². The zero-order valence-electron chi connectivity index (χ0n) is 18.1. The van der Waals surface area contributed by atoms with Crippen molar-refractivity contribution in [3.05, 3.63) is 66.7 Å². The Morgan fingerprint density at radius 1 is 0.970 bits per heavy atom. The van der Waals surface area contributed by atoms with Crippen molar-refractivity contribution >= 4 is 74.2 Å². The third-order valence-corrected chi connectivity index (χ3v) is 5.76. The summed E-state index contributed by atoms with van der Waals surface area (Å²) in [5.41, 5.74) is 8.58. The van der Waals surface area contributed by atoms with Gasteiger partial charge in [-0.1, -0.05) is 53.0 Å². The molecular weight excluding hydrogens is 483 g/mol. The van der Waals surface area contributed by atoms with E-state index in [1.165, 1.54) is 0 Å². The van der Waals surface area contributed by atoms with Gasteiger partial charge in [-0.05, 0) is 38.1 Å². The molecule has 0 amide bonds. The lowest BCUT2D eigenvalue weighted by molar-refractivity contribution is -0.538. The van der Waals surface area contributed by atoms with E-state index in [0.29, 0.717) is 5.69 Å². The molecule has 1 N–H and O–H groups in total. The number of rotatable bonds is 6. The molecule has 0 atom stereocenters. The monoisotopic (exact) mass is 503 g/mol. The fourth-order valence-electron chi connectivity index (χ4n) is 3.71. The Kier molecular flexibility index (Phi) is 6.79. The van der Waals surface area contributed by atoms with E-state index in [1.54, 1.807) is 6.07 Å². The maximum Gasteiger partial charge on any atom is 0.383 e. The molecule has 0 radical (unpaired) electrons. The first-order valence-electron chi connectivity index (χ1n) is 10.5. The number of hydrogen-bond donors (Lipinski definition) is 1. The Hall–Kier alpha value is -2.80. The van der Waals surface area contributed by atoms with Gasteiger partial charge >= 0.3 is 5.97 Å². The van der Waals surface area contributed by atoms with Gasteiger partial charge < -0.3 is 9.74 Å². The molecule has 6 nitrogen and oxygen atoms in total. The van der Waals surface area contributed by atoms with Crippen LogP contribution in [-0.4, -0.2) is 27.8 Å². The molecule has 0 saturated heterocycles. The predicted molar refractivity (Wildman–Crippen MR) is 134 cm³/mol. The first-order valence-corrected chi connectivity index (χ1v) is 11.6. The first kappa shape index (κ1) is 23.4. The Morgan fingerprint density at radius 3 is 2.24 bits per heavy atom. The summed E-state index contributed by atoms with van der Waals surface area (Å²) in [5, 5.41) is 0. The lowest BCUT2D eigenvalue weighted by atomic mass is 10.1. The molecule has 0 aliphatic heterocycles. The summed E-state index contributed by atoms with van der Waals surface area (Å²) in [5.74, 6) is -1.02. The zero-order chi connectivity index (χ0) is 23.6. The molecule has 0 unspecified atom stereocenters. The molecule has 4 rings (SSSR count). The van der Waals surface area contributed by atoms with Gasteiger partial charge in [-0.15, -0.1) is 4.57 Å². The van der Waals surface area contributed by atoms with E-state index in [9.17, 15) is 4.79 Å². The van der Waals surface area contributed by atoms with Crippen molar-refractivity contribution in [1.29, 1.82) is 0 Å². The Labute approximate surface area is 206 Å². The van der Waals surface area contributed by atoms with Crippen LogP contribution in [0.15, 0.2) is 66.7 Å². The maximum absolute atomic E-state index is 11.8. The number of benzene rings is 3. The van der Waals surface area contributed by atoms with Gasteiger partial charge in [0.05, 0.1) is 5.69 Å². The van der Waals surface area contributed by atoms with Crippen LogP contribution in [0.5, 0.6) is 0 Å². The molecule has 0 aliphatic carbocycles. The number of carbonyl (C=O) groups is 1. The molecule has 0 bridgehead atoms. The quantitative estimate of drug-likeness (QED) is 0.157. The average molecular weight is 505 g/mol. The molecule has 0 spiro atoms. The van der Waals surface area contributed by atoms with Crippen LogP contribution in [0.2, 0.25) is 0 Å². The number of halogens is 3. The number of nitrogens with zero attached hydrogens (tertiary/aromatic N) is 3. The third-order valence-electron chi connectivity index (χ3n) is 5.29.